The van der Waals surface area contributed by atoms with Crippen molar-refractivity contribution < 1.29 is 9.90 Å². The van der Waals surface area contributed by atoms with E-state index in [4.69, 9.17) is 15.1 Å². The predicted molar refractivity (Wildman–Crippen MR) is 104 cm³/mol. The summed E-state index contributed by atoms with van der Waals surface area (Å²) in [6, 6.07) is 10.0. The smallest absolute Gasteiger partial charge is 0.404 e. The average Bonchev–Trinajstić information content (AvgIpc) is 3.03. The van der Waals surface area contributed by atoms with Crippen LogP contribution in [0.15, 0.2) is 35.7 Å². The van der Waals surface area contributed by atoms with E-state index in [0.717, 1.165) is 58.9 Å². The Labute approximate surface area is 155 Å². The SMILES string of the molecule is Cc1csc2c(N3CCC(NC(=O)O)CC3)nc(-c3ccccc3)nc12. The molecule has 1 amide bonds. The van der Waals surface area contributed by atoms with Gasteiger partial charge in [0.25, 0.3) is 0 Å². The lowest BCUT2D eigenvalue weighted by Crippen LogP contribution is -2.44. The second-order valence-corrected chi connectivity index (χ2v) is 7.42. The van der Waals surface area contributed by atoms with Gasteiger partial charge in [-0.05, 0) is 30.7 Å². The third kappa shape index (κ3) is 3.22. The van der Waals surface area contributed by atoms with Gasteiger partial charge in [-0.15, -0.1) is 11.3 Å². The molecule has 3 heterocycles. The van der Waals surface area contributed by atoms with Crippen LogP contribution in [0.25, 0.3) is 21.6 Å². The zero-order valence-electron chi connectivity index (χ0n) is 14.5. The van der Waals surface area contributed by atoms with Crippen LogP contribution in [0.3, 0.4) is 0 Å². The Balaban J connectivity index is 1.69. The number of aryl methyl sites for hydroxylation is 1. The van der Waals surface area contributed by atoms with Gasteiger partial charge in [-0.2, -0.15) is 0 Å². The summed E-state index contributed by atoms with van der Waals surface area (Å²) in [4.78, 5) is 22.8. The van der Waals surface area contributed by atoms with Crippen molar-refractivity contribution in [1.82, 2.24) is 15.3 Å². The molecule has 1 aromatic carbocycles. The van der Waals surface area contributed by atoms with E-state index in [1.807, 2.05) is 30.3 Å². The number of fused-ring (bicyclic) bond motifs is 1. The molecular weight excluding hydrogens is 348 g/mol. The molecule has 1 fully saturated rings. The van der Waals surface area contributed by atoms with Crippen molar-refractivity contribution >= 4 is 33.5 Å². The molecule has 2 N–H and O–H groups in total. The molecule has 6 nitrogen and oxygen atoms in total. The Morgan fingerprint density at radius 2 is 1.96 bits per heavy atom. The third-order valence-corrected chi connectivity index (χ3v) is 5.81. The summed E-state index contributed by atoms with van der Waals surface area (Å²) >= 11 is 1.67. The van der Waals surface area contributed by atoms with Gasteiger partial charge in [0.1, 0.15) is 0 Å². The molecule has 0 bridgehead atoms. The lowest BCUT2D eigenvalue weighted by Gasteiger charge is -2.33. The number of anilines is 1. The first kappa shape index (κ1) is 16.8. The third-order valence-electron chi connectivity index (χ3n) is 4.73. The highest BCUT2D eigenvalue weighted by Gasteiger charge is 2.24. The summed E-state index contributed by atoms with van der Waals surface area (Å²) in [5.41, 5.74) is 3.17. The quantitative estimate of drug-likeness (QED) is 0.733. The summed E-state index contributed by atoms with van der Waals surface area (Å²) in [6.07, 6.45) is 0.610. The van der Waals surface area contributed by atoms with E-state index in [9.17, 15) is 4.79 Å². The van der Waals surface area contributed by atoms with E-state index in [0.29, 0.717) is 0 Å². The summed E-state index contributed by atoms with van der Waals surface area (Å²) in [6.45, 7) is 3.64. The average molecular weight is 368 g/mol. The first-order valence-electron chi connectivity index (χ1n) is 8.67. The molecule has 26 heavy (non-hydrogen) atoms. The van der Waals surface area contributed by atoms with Gasteiger partial charge < -0.3 is 15.3 Å². The van der Waals surface area contributed by atoms with Crippen molar-refractivity contribution in [3.05, 3.63) is 41.3 Å². The van der Waals surface area contributed by atoms with Gasteiger partial charge in [0.2, 0.25) is 0 Å². The molecule has 134 valence electrons. The number of aromatic nitrogens is 2. The number of carboxylic acid groups (broad SMARTS) is 1. The minimum atomic E-state index is -0.951. The summed E-state index contributed by atoms with van der Waals surface area (Å²) < 4.78 is 1.10. The fourth-order valence-corrected chi connectivity index (χ4v) is 4.36. The van der Waals surface area contributed by atoms with Crippen molar-refractivity contribution in [3.63, 3.8) is 0 Å². The summed E-state index contributed by atoms with van der Waals surface area (Å²) in [7, 11) is 0. The fourth-order valence-electron chi connectivity index (χ4n) is 3.36. The number of piperidine rings is 1. The molecule has 1 aliphatic rings. The largest absolute Gasteiger partial charge is 0.465 e. The van der Waals surface area contributed by atoms with Crippen LogP contribution >= 0.6 is 11.3 Å². The number of carbonyl (C=O) groups is 1. The molecule has 7 heteroatoms. The van der Waals surface area contributed by atoms with E-state index < -0.39 is 6.09 Å². The topological polar surface area (TPSA) is 78.4 Å². The highest BCUT2D eigenvalue weighted by atomic mass is 32.1. The molecule has 0 spiro atoms. The lowest BCUT2D eigenvalue weighted by atomic mass is 10.1. The molecule has 2 aromatic heterocycles. The first-order valence-corrected chi connectivity index (χ1v) is 9.55. The Morgan fingerprint density at radius 3 is 2.65 bits per heavy atom. The van der Waals surface area contributed by atoms with Gasteiger partial charge in [0.15, 0.2) is 11.6 Å². The van der Waals surface area contributed by atoms with Crippen LogP contribution in [0, 0.1) is 6.92 Å². The Bertz CT molecular complexity index is 933. The van der Waals surface area contributed by atoms with Crippen molar-refractivity contribution in [2.24, 2.45) is 0 Å². The van der Waals surface area contributed by atoms with Crippen LogP contribution in [0.5, 0.6) is 0 Å². The number of benzene rings is 1. The maximum absolute atomic E-state index is 10.9. The van der Waals surface area contributed by atoms with E-state index in [1.165, 1.54) is 0 Å². The number of hydrogen-bond donors (Lipinski definition) is 2. The molecule has 0 radical (unpaired) electrons. The predicted octanol–water partition coefficient (Wildman–Crippen LogP) is 3.90. The molecule has 3 aromatic rings. The molecular formula is C19H20N4O2S. The number of nitrogens with zero attached hydrogens (tertiary/aromatic N) is 3. The first-order chi connectivity index (χ1) is 12.6. The number of amides is 1. The number of thiophene rings is 1. The summed E-state index contributed by atoms with van der Waals surface area (Å²) in [5.74, 6) is 1.70. The van der Waals surface area contributed by atoms with Gasteiger partial charge in [0.05, 0.1) is 10.2 Å². The second-order valence-electron chi connectivity index (χ2n) is 6.54. The monoisotopic (exact) mass is 368 g/mol. The fraction of sp³-hybridized carbons (Fsp3) is 0.316. The van der Waals surface area contributed by atoms with E-state index in [1.54, 1.807) is 11.3 Å². The highest BCUT2D eigenvalue weighted by Crippen LogP contribution is 2.34. The molecule has 0 atom stereocenters. The normalized spacial score (nSPS) is 15.3. The number of nitrogens with one attached hydrogen (secondary N) is 1. The lowest BCUT2D eigenvalue weighted by molar-refractivity contribution is 0.187. The maximum atomic E-state index is 10.9. The van der Waals surface area contributed by atoms with E-state index in [2.05, 4.69) is 22.5 Å². The van der Waals surface area contributed by atoms with Crippen molar-refractivity contribution in [2.45, 2.75) is 25.8 Å². The van der Waals surface area contributed by atoms with Crippen LogP contribution in [0.1, 0.15) is 18.4 Å². The van der Waals surface area contributed by atoms with Crippen LogP contribution in [0.2, 0.25) is 0 Å². The molecule has 1 saturated heterocycles. The minimum Gasteiger partial charge on any atom is -0.465 e. The molecule has 0 unspecified atom stereocenters. The molecule has 0 saturated carbocycles. The van der Waals surface area contributed by atoms with Crippen LogP contribution < -0.4 is 10.2 Å². The Kier molecular flexibility index (Phi) is 4.46. The number of rotatable bonds is 3. The van der Waals surface area contributed by atoms with Gasteiger partial charge in [0, 0.05) is 24.7 Å². The minimum absolute atomic E-state index is 0.0137. The van der Waals surface area contributed by atoms with Crippen LogP contribution in [-0.2, 0) is 0 Å². The Morgan fingerprint density at radius 1 is 1.23 bits per heavy atom. The maximum Gasteiger partial charge on any atom is 0.404 e. The van der Waals surface area contributed by atoms with Crippen molar-refractivity contribution in [2.75, 3.05) is 18.0 Å². The highest BCUT2D eigenvalue weighted by molar-refractivity contribution is 7.18. The zero-order valence-corrected chi connectivity index (χ0v) is 15.3. The van der Waals surface area contributed by atoms with Gasteiger partial charge in [-0.1, -0.05) is 30.3 Å². The van der Waals surface area contributed by atoms with Gasteiger partial charge in [-0.3, -0.25) is 0 Å². The second kappa shape index (κ2) is 6.92. The summed E-state index contributed by atoms with van der Waals surface area (Å²) in [5, 5.41) is 13.6. The van der Waals surface area contributed by atoms with E-state index in [-0.39, 0.29) is 6.04 Å². The van der Waals surface area contributed by atoms with Crippen LogP contribution in [0.4, 0.5) is 10.6 Å². The van der Waals surface area contributed by atoms with Gasteiger partial charge >= 0.3 is 6.09 Å². The van der Waals surface area contributed by atoms with E-state index >= 15 is 0 Å². The standard InChI is InChI=1S/C19H20N4O2S/c1-12-11-26-16-15(12)21-17(13-5-3-2-4-6-13)22-18(16)23-9-7-14(8-10-23)20-19(24)25/h2-6,11,14,20H,7-10H2,1H3,(H,24,25). The van der Waals surface area contributed by atoms with Crippen molar-refractivity contribution in [3.8, 4) is 11.4 Å². The molecule has 0 aliphatic carbocycles. The Hall–Kier alpha value is -2.67. The molecule has 1 aliphatic heterocycles. The zero-order chi connectivity index (χ0) is 18.1. The van der Waals surface area contributed by atoms with Gasteiger partial charge in [-0.25, -0.2) is 14.8 Å². The number of hydrogen-bond acceptors (Lipinski definition) is 5. The van der Waals surface area contributed by atoms with Crippen LogP contribution in [-0.4, -0.2) is 40.3 Å². The van der Waals surface area contributed by atoms with Crippen molar-refractivity contribution in [1.29, 1.82) is 0 Å². The molecule has 4 rings (SSSR count).